The molecule has 0 fully saturated rings. The Morgan fingerprint density at radius 2 is 2.04 bits per heavy atom. The van der Waals surface area contributed by atoms with E-state index in [1.165, 1.54) is 12.2 Å². The fraction of sp³-hybridized carbons (Fsp3) is 0.0588. The van der Waals surface area contributed by atoms with Crippen molar-refractivity contribution in [2.75, 3.05) is 0 Å². The van der Waals surface area contributed by atoms with Crippen molar-refractivity contribution in [1.29, 1.82) is 0 Å². The maximum Gasteiger partial charge on any atom is 0.244 e. The van der Waals surface area contributed by atoms with Gasteiger partial charge in [-0.2, -0.15) is 0 Å². The lowest BCUT2D eigenvalue weighted by Gasteiger charge is -2.05. The zero-order chi connectivity index (χ0) is 16.2. The van der Waals surface area contributed by atoms with Crippen molar-refractivity contribution in [3.05, 3.63) is 70.0 Å². The Balaban J connectivity index is 1.62. The summed E-state index contributed by atoms with van der Waals surface area (Å²) in [5, 5.41) is 3.81. The highest BCUT2D eigenvalue weighted by Crippen LogP contribution is 2.20. The Kier molecular flexibility index (Phi) is 4.65. The van der Waals surface area contributed by atoms with E-state index in [9.17, 15) is 4.79 Å². The molecule has 23 heavy (non-hydrogen) atoms. The first-order chi connectivity index (χ1) is 11.1. The van der Waals surface area contributed by atoms with Crippen molar-refractivity contribution in [2.45, 2.75) is 6.54 Å². The minimum atomic E-state index is -0.265. The molecule has 0 unspecified atom stereocenters. The van der Waals surface area contributed by atoms with Crippen LogP contribution >= 0.6 is 23.2 Å². The second-order valence-electron chi connectivity index (χ2n) is 4.81. The molecule has 3 aromatic rings. The third kappa shape index (κ3) is 3.92. The van der Waals surface area contributed by atoms with E-state index in [-0.39, 0.29) is 5.91 Å². The monoisotopic (exact) mass is 346 g/mol. The summed E-state index contributed by atoms with van der Waals surface area (Å²) < 4.78 is 5.50. The number of hydrogen-bond acceptors (Lipinski definition) is 3. The molecule has 1 amide bonds. The summed E-state index contributed by atoms with van der Waals surface area (Å²) in [6.45, 7) is 0.312. The van der Waals surface area contributed by atoms with Crippen LogP contribution in [0.4, 0.5) is 0 Å². The standard InChI is InChI=1S/C17H12Cl2N2O2/c18-12-6-5-11(13(19)9-12)10-20-16(22)7-8-17-21-14-3-1-2-4-15(14)23-17/h1-9H,10H2,(H,20,22)/b8-7+. The lowest BCUT2D eigenvalue weighted by atomic mass is 10.2. The van der Waals surface area contributed by atoms with E-state index in [4.69, 9.17) is 27.6 Å². The van der Waals surface area contributed by atoms with Crippen LogP contribution in [0.15, 0.2) is 53.0 Å². The van der Waals surface area contributed by atoms with Crippen molar-refractivity contribution < 1.29 is 9.21 Å². The number of fused-ring (bicyclic) bond motifs is 1. The quantitative estimate of drug-likeness (QED) is 0.709. The maximum absolute atomic E-state index is 11.8. The van der Waals surface area contributed by atoms with Crippen LogP contribution < -0.4 is 5.32 Å². The van der Waals surface area contributed by atoms with Crippen LogP contribution in [0.1, 0.15) is 11.5 Å². The van der Waals surface area contributed by atoms with Crippen molar-refractivity contribution >= 4 is 46.3 Å². The number of benzene rings is 2. The van der Waals surface area contributed by atoms with Crippen molar-refractivity contribution in [3.63, 3.8) is 0 Å². The number of halogens is 2. The van der Waals surface area contributed by atoms with Crippen LogP contribution in [0.25, 0.3) is 17.2 Å². The van der Waals surface area contributed by atoms with Crippen molar-refractivity contribution in [2.24, 2.45) is 0 Å². The molecular weight excluding hydrogens is 335 g/mol. The molecule has 0 saturated carbocycles. The largest absolute Gasteiger partial charge is 0.437 e. The summed E-state index contributed by atoms with van der Waals surface area (Å²) in [7, 11) is 0. The summed E-state index contributed by atoms with van der Waals surface area (Å²) in [5.74, 6) is 0.115. The van der Waals surface area contributed by atoms with Gasteiger partial charge in [0.25, 0.3) is 0 Å². The summed E-state index contributed by atoms with van der Waals surface area (Å²) in [6.07, 6.45) is 2.90. The number of aromatic nitrogens is 1. The fourth-order valence-electron chi connectivity index (χ4n) is 2.01. The van der Waals surface area contributed by atoms with E-state index < -0.39 is 0 Å². The highest BCUT2D eigenvalue weighted by Gasteiger charge is 2.04. The molecule has 0 aliphatic rings. The number of nitrogens with one attached hydrogen (secondary N) is 1. The van der Waals surface area contributed by atoms with E-state index in [0.29, 0.717) is 28.1 Å². The summed E-state index contributed by atoms with van der Waals surface area (Å²) in [6, 6.07) is 12.5. The zero-order valence-corrected chi connectivity index (χ0v) is 13.4. The van der Waals surface area contributed by atoms with E-state index in [1.807, 2.05) is 24.3 Å². The second kappa shape index (κ2) is 6.86. The number of carbonyl (C=O) groups excluding carboxylic acids is 1. The van der Waals surface area contributed by atoms with Gasteiger partial charge in [0.05, 0.1) is 0 Å². The minimum Gasteiger partial charge on any atom is -0.437 e. The average molecular weight is 347 g/mol. The van der Waals surface area contributed by atoms with Crippen LogP contribution in [0.3, 0.4) is 0 Å². The smallest absolute Gasteiger partial charge is 0.244 e. The molecular formula is C17H12Cl2N2O2. The molecule has 0 aliphatic heterocycles. The van der Waals surface area contributed by atoms with Gasteiger partial charge in [-0.3, -0.25) is 4.79 Å². The van der Waals surface area contributed by atoms with Gasteiger partial charge in [0.1, 0.15) is 5.52 Å². The predicted octanol–water partition coefficient (Wildman–Crippen LogP) is 4.46. The molecule has 6 heteroatoms. The molecule has 3 rings (SSSR count). The molecule has 0 bridgehead atoms. The number of oxazole rings is 1. The number of nitrogens with zero attached hydrogens (tertiary/aromatic N) is 1. The summed E-state index contributed by atoms with van der Waals surface area (Å²) >= 11 is 11.9. The number of rotatable bonds is 4. The molecule has 116 valence electrons. The van der Waals surface area contributed by atoms with Gasteiger partial charge < -0.3 is 9.73 Å². The lowest BCUT2D eigenvalue weighted by molar-refractivity contribution is -0.116. The molecule has 0 aliphatic carbocycles. The minimum absolute atomic E-state index is 0.265. The van der Waals surface area contributed by atoms with Gasteiger partial charge in [0.15, 0.2) is 5.58 Å². The maximum atomic E-state index is 11.8. The first-order valence-electron chi connectivity index (χ1n) is 6.87. The number of hydrogen-bond donors (Lipinski definition) is 1. The topological polar surface area (TPSA) is 55.1 Å². The Hall–Kier alpha value is -2.30. The average Bonchev–Trinajstić information content (AvgIpc) is 2.95. The van der Waals surface area contributed by atoms with Gasteiger partial charge in [-0.05, 0) is 29.8 Å². The molecule has 2 aromatic carbocycles. The lowest BCUT2D eigenvalue weighted by Crippen LogP contribution is -2.20. The van der Waals surface area contributed by atoms with E-state index >= 15 is 0 Å². The summed E-state index contributed by atoms with van der Waals surface area (Å²) in [5.41, 5.74) is 2.22. The number of carbonyl (C=O) groups is 1. The SMILES string of the molecule is O=C(/C=C/c1nc2ccccc2o1)NCc1ccc(Cl)cc1Cl. The van der Waals surface area contributed by atoms with Gasteiger partial charge in [0.2, 0.25) is 11.8 Å². The molecule has 0 atom stereocenters. The first-order valence-corrected chi connectivity index (χ1v) is 7.63. The van der Waals surface area contributed by atoms with Gasteiger partial charge in [-0.15, -0.1) is 0 Å². The van der Waals surface area contributed by atoms with Crippen LogP contribution in [0.5, 0.6) is 0 Å². The first kappa shape index (κ1) is 15.6. The normalized spacial score (nSPS) is 11.2. The van der Waals surface area contributed by atoms with E-state index in [0.717, 1.165) is 11.1 Å². The highest BCUT2D eigenvalue weighted by molar-refractivity contribution is 6.35. The predicted molar refractivity (Wildman–Crippen MR) is 91.4 cm³/mol. The molecule has 0 saturated heterocycles. The third-order valence-corrected chi connectivity index (χ3v) is 3.74. The van der Waals surface area contributed by atoms with Gasteiger partial charge in [-0.25, -0.2) is 4.98 Å². The fourth-order valence-corrected chi connectivity index (χ4v) is 2.49. The Labute approximate surface area is 142 Å². The molecule has 4 nitrogen and oxygen atoms in total. The van der Waals surface area contributed by atoms with Crippen LogP contribution in [-0.4, -0.2) is 10.9 Å². The molecule has 1 heterocycles. The van der Waals surface area contributed by atoms with Gasteiger partial charge in [0, 0.05) is 28.7 Å². The molecule has 0 radical (unpaired) electrons. The molecule has 0 spiro atoms. The zero-order valence-electron chi connectivity index (χ0n) is 11.9. The molecule has 1 N–H and O–H groups in total. The highest BCUT2D eigenvalue weighted by atomic mass is 35.5. The second-order valence-corrected chi connectivity index (χ2v) is 5.65. The van der Waals surface area contributed by atoms with Crippen LogP contribution in [0, 0.1) is 0 Å². The van der Waals surface area contributed by atoms with Crippen LogP contribution in [0.2, 0.25) is 10.0 Å². The van der Waals surface area contributed by atoms with Crippen molar-refractivity contribution in [1.82, 2.24) is 10.3 Å². The van der Waals surface area contributed by atoms with E-state index in [1.54, 1.807) is 18.2 Å². The van der Waals surface area contributed by atoms with Crippen molar-refractivity contribution in [3.8, 4) is 0 Å². The number of amides is 1. The number of para-hydroxylation sites is 2. The Morgan fingerprint density at radius 3 is 2.83 bits per heavy atom. The van der Waals surface area contributed by atoms with E-state index in [2.05, 4.69) is 10.3 Å². The van der Waals surface area contributed by atoms with Gasteiger partial charge in [-0.1, -0.05) is 41.4 Å². The molecule has 1 aromatic heterocycles. The Bertz CT molecular complexity index is 854. The van der Waals surface area contributed by atoms with Gasteiger partial charge >= 0.3 is 0 Å². The summed E-state index contributed by atoms with van der Waals surface area (Å²) in [4.78, 5) is 16.1. The Morgan fingerprint density at radius 1 is 1.22 bits per heavy atom. The van der Waals surface area contributed by atoms with Crippen LogP contribution in [-0.2, 0) is 11.3 Å². The third-order valence-electron chi connectivity index (χ3n) is 3.16.